The largest absolute Gasteiger partial charge is 0.481 e. The summed E-state index contributed by atoms with van der Waals surface area (Å²) in [4.78, 5) is 15.1. The number of para-hydroxylation sites is 1. The number of sulfonamides is 1. The van der Waals surface area contributed by atoms with Crippen LogP contribution in [0, 0.1) is 0 Å². The maximum atomic E-state index is 13.0. The summed E-state index contributed by atoms with van der Waals surface area (Å²) in [5.74, 6) is 0.300. The molecule has 0 spiro atoms. The second-order valence-electron chi connectivity index (χ2n) is 7.18. The number of carbonyl (C=O) groups is 1. The Morgan fingerprint density at radius 3 is 2.37 bits per heavy atom. The zero-order chi connectivity index (χ0) is 21.6. The van der Waals surface area contributed by atoms with Gasteiger partial charge in [-0.25, -0.2) is 8.42 Å². The van der Waals surface area contributed by atoms with Crippen molar-refractivity contribution in [3.8, 4) is 5.75 Å². The van der Waals surface area contributed by atoms with Crippen molar-refractivity contribution in [1.29, 1.82) is 0 Å². The van der Waals surface area contributed by atoms with Gasteiger partial charge in [0.2, 0.25) is 10.0 Å². The molecular formula is C22H29N3O4S. The fourth-order valence-electron chi connectivity index (χ4n) is 3.38. The monoisotopic (exact) mass is 431 g/mol. The number of nitrogens with one attached hydrogen (secondary N) is 1. The third-order valence-electron chi connectivity index (χ3n) is 5.20. The van der Waals surface area contributed by atoms with Crippen LogP contribution in [0.2, 0.25) is 0 Å². The van der Waals surface area contributed by atoms with Gasteiger partial charge in [0.15, 0.2) is 6.10 Å². The van der Waals surface area contributed by atoms with Crippen LogP contribution >= 0.6 is 0 Å². The molecule has 1 amide bonds. The highest BCUT2D eigenvalue weighted by Gasteiger charge is 2.28. The maximum Gasteiger partial charge on any atom is 0.265 e. The Balaban J connectivity index is 1.69. The van der Waals surface area contributed by atoms with Gasteiger partial charge in [-0.2, -0.15) is 4.31 Å². The molecule has 1 fully saturated rings. The standard InChI is InChI=1S/C22H29N3O4S/c1-3-21(29-19-10-6-5-7-11-19)22(26)23-18-9-8-12-20(17-18)30(27,28)25-15-13-24(4-2)14-16-25/h5-12,17,21H,3-4,13-16H2,1-2H3,(H,23,26). The SMILES string of the molecule is CCC(Oc1ccccc1)C(=O)Nc1cccc(S(=O)(=O)N2CCN(CC)CC2)c1. The summed E-state index contributed by atoms with van der Waals surface area (Å²) < 4.78 is 33.3. The van der Waals surface area contributed by atoms with E-state index in [1.165, 1.54) is 10.4 Å². The van der Waals surface area contributed by atoms with Crippen molar-refractivity contribution in [3.63, 3.8) is 0 Å². The molecule has 0 aromatic heterocycles. The second-order valence-corrected chi connectivity index (χ2v) is 9.12. The van der Waals surface area contributed by atoms with E-state index >= 15 is 0 Å². The minimum Gasteiger partial charge on any atom is -0.481 e. The van der Waals surface area contributed by atoms with Gasteiger partial charge in [-0.3, -0.25) is 4.79 Å². The number of anilines is 1. The normalized spacial score (nSPS) is 16.7. The molecule has 7 nitrogen and oxygen atoms in total. The molecule has 162 valence electrons. The molecule has 0 radical (unpaired) electrons. The van der Waals surface area contributed by atoms with Crippen LogP contribution in [0.4, 0.5) is 5.69 Å². The summed E-state index contributed by atoms with van der Waals surface area (Å²) in [6, 6.07) is 15.5. The molecule has 1 aliphatic rings. The number of piperazine rings is 1. The minimum atomic E-state index is -3.60. The van der Waals surface area contributed by atoms with Crippen LogP contribution in [-0.4, -0.2) is 62.4 Å². The molecule has 1 heterocycles. The van der Waals surface area contributed by atoms with Crippen LogP contribution in [-0.2, 0) is 14.8 Å². The lowest BCUT2D eigenvalue weighted by atomic mass is 10.2. The zero-order valence-electron chi connectivity index (χ0n) is 17.5. The lowest BCUT2D eigenvalue weighted by Gasteiger charge is -2.33. The van der Waals surface area contributed by atoms with Gasteiger partial charge in [0.1, 0.15) is 5.75 Å². The first-order chi connectivity index (χ1) is 14.4. The molecule has 30 heavy (non-hydrogen) atoms. The van der Waals surface area contributed by atoms with Crippen LogP contribution in [0.5, 0.6) is 5.75 Å². The number of amides is 1. The first kappa shape index (κ1) is 22.3. The topological polar surface area (TPSA) is 78.9 Å². The average molecular weight is 432 g/mol. The predicted molar refractivity (Wildman–Crippen MR) is 117 cm³/mol. The van der Waals surface area contributed by atoms with Gasteiger partial charge in [-0.15, -0.1) is 0 Å². The quantitative estimate of drug-likeness (QED) is 0.695. The van der Waals surface area contributed by atoms with Crippen molar-refractivity contribution in [2.24, 2.45) is 0 Å². The van der Waals surface area contributed by atoms with E-state index in [0.29, 0.717) is 30.9 Å². The smallest absolute Gasteiger partial charge is 0.265 e. The van der Waals surface area contributed by atoms with E-state index in [0.717, 1.165) is 19.6 Å². The summed E-state index contributed by atoms with van der Waals surface area (Å²) in [6.07, 6.45) is -0.185. The van der Waals surface area contributed by atoms with Crippen molar-refractivity contribution < 1.29 is 17.9 Å². The molecule has 3 rings (SSSR count). The summed E-state index contributed by atoms with van der Waals surface area (Å²) in [7, 11) is -3.60. The molecule has 0 saturated carbocycles. The fourth-order valence-corrected chi connectivity index (χ4v) is 4.85. The van der Waals surface area contributed by atoms with E-state index < -0.39 is 16.1 Å². The molecule has 1 aliphatic heterocycles. The number of rotatable bonds is 8. The van der Waals surface area contributed by atoms with Crippen molar-refractivity contribution in [3.05, 3.63) is 54.6 Å². The number of benzene rings is 2. The summed E-state index contributed by atoms with van der Waals surface area (Å²) in [5.41, 5.74) is 0.434. The average Bonchev–Trinajstić information content (AvgIpc) is 2.78. The fraction of sp³-hybridized carbons (Fsp3) is 0.409. The number of hydrogen-bond donors (Lipinski definition) is 1. The Hall–Kier alpha value is -2.42. The van der Waals surface area contributed by atoms with E-state index in [2.05, 4.69) is 17.1 Å². The van der Waals surface area contributed by atoms with Crippen LogP contribution in [0.15, 0.2) is 59.5 Å². The Morgan fingerprint density at radius 2 is 1.73 bits per heavy atom. The summed E-state index contributed by atoms with van der Waals surface area (Å²) >= 11 is 0. The highest BCUT2D eigenvalue weighted by Crippen LogP contribution is 2.22. The Morgan fingerprint density at radius 1 is 1.03 bits per heavy atom. The van der Waals surface area contributed by atoms with E-state index in [1.54, 1.807) is 30.3 Å². The predicted octanol–water partition coefficient (Wildman–Crippen LogP) is 2.81. The maximum absolute atomic E-state index is 13.0. The Labute approximate surface area is 178 Å². The number of likely N-dealkylation sites (N-methyl/N-ethyl adjacent to an activating group) is 1. The Kier molecular flexibility index (Phi) is 7.47. The molecule has 1 N–H and O–H groups in total. The van der Waals surface area contributed by atoms with Crippen LogP contribution in [0.3, 0.4) is 0 Å². The highest BCUT2D eigenvalue weighted by molar-refractivity contribution is 7.89. The molecule has 8 heteroatoms. The molecule has 2 aromatic rings. The number of ether oxygens (including phenoxy) is 1. The molecule has 2 aromatic carbocycles. The van der Waals surface area contributed by atoms with Gasteiger partial charge in [0, 0.05) is 31.9 Å². The van der Waals surface area contributed by atoms with Crippen molar-refractivity contribution in [1.82, 2.24) is 9.21 Å². The molecule has 1 atom stereocenters. The van der Waals surface area contributed by atoms with Gasteiger partial charge in [-0.1, -0.05) is 38.1 Å². The molecule has 0 aliphatic carbocycles. The van der Waals surface area contributed by atoms with E-state index in [4.69, 9.17) is 4.74 Å². The number of carbonyl (C=O) groups excluding carboxylic acids is 1. The van der Waals surface area contributed by atoms with Gasteiger partial charge in [0.25, 0.3) is 5.91 Å². The van der Waals surface area contributed by atoms with Crippen molar-refractivity contribution in [2.45, 2.75) is 31.3 Å². The molecule has 0 bridgehead atoms. The van der Waals surface area contributed by atoms with Crippen molar-refractivity contribution in [2.75, 3.05) is 38.0 Å². The van der Waals surface area contributed by atoms with E-state index in [9.17, 15) is 13.2 Å². The number of hydrogen-bond acceptors (Lipinski definition) is 5. The second kappa shape index (κ2) is 10.1. The van der Waals surface area contributed by atoms with Gasteiger partial charge in [0.05, 0.1) is 4.90 Å². The lowest BCUT2D eigenvalue weighted by molar-refractivity contribution is -0.122. The minimum absolute atomic E-state index is 0.183. The van der Waals surface area contributed by atoms with Crippen LogP contribution < -0.4 is 10.1 Å². The van der Waals surface area contributed by atoms with Gasteiger partial charge < -0.3 is 15.0 Å². The lowest BCUT2D eigenvalue weighted by Crippen LogP contribution is -2.48. The third-order valence-corrected chi connectivity index (χ3v) is 7.10. The molecule has 1 unspecified atom stereocenters. The number of nitrogens with zero attached hydrogens (tertiary/aromatic N) is 2. The van der Waals surface area contributed by atoms with E-state index in [1.807, 2.05) is 25.1 Å². The molecule has 1 saturated heterocycles. The summed E-state index contributed by atoms with van der Waals surface area (Å²) in [5, 5.41) is 2.79. The first-order valence-electron chi connectivity index (χ1n) is 10.3. The Bertz CT molecular complexity index is 942. The van der Waals surface area contributed by atoms with Gasteiger partial charge >= 0.3 is 0 Å². The van der Waals surface area contributed by atoms with Gasteiger partial charge in [-0.05, 0) is 43.3 Å². The first-order valence-corrected chi connectivity index (χ1v) is 11.7. The molecular weight excluding hydrogens is 402 g/mol. The van der Waals surface area contributed by atoms with Crippen LogP contribution in [0.1, 0.15) is 20.3 Å². The zero-order valence-corrected chi connectivity index (χ0v) is 18.3. The van der Waals surface area contributed by atoms with Crippen molar-refractivity contribution >= 4 is 21.6 Å². The highest BCUT2D eigenvalue weighted by atomic mass is 32.2. The summed E-state index contributed by atoms with van der Waals surface area (Å²) in [6.45, 7) is 7.23. The van der Waals surface area contributed by atoms with E-state index in [-0.39, 0.29) is 10.8 Å². The van der Waals surface area contributed by atoms with Crippen LogP contribution in [0.25, 0.3) is 0 Å². The third kappa shape index (κ3) is 5.38.